The molecule has 0 saturated carbocycles. The highest BCUT2D eigenvalue weighted by Crippen LogP contribution is 2.21. The van der Waals surface area contributed by atoms with E-state index in [2.05, 4.69) is 25.4 Å². The van der Waals surface area contributed by atoms with Gasteiger partial charge in [-0.2, -0.15) is 0 Å². The van der Waals surface area contributed by atoms with Crippen LogP contribution >= 0.6 is 15.9 Å². The van der Waals surface area contributed by atoms with Gasteiger partial charge in [0.2, 0.25) is 10.0 Å². The number of carboxylic acid groups (broad SMARTS) is 1. The highest BCUT2D eigenvalue weighted by molar-refractivity contribution is 9.10. The number of methoxy groups -OCH3 is 1. The topological polar surface area (TPSA) is 92.7 Å². The second-order valence-corrected chi connectivity index (χ2v) is 6.11. The zero-order chi connectivity index (χ0) is 13.8. The molecule has 8 heteroatoms. The van der Waals surface area contributed by atoms with E-state index in [4.69, 9.17) is 5.11 Å². The minimum absolute atomic E-state index is 0.0121. The van der Waals surface area contributed by atoms with E-state index in [9.17, 15) is 13.2 Å². The SMILES string of the molecule is COCCS(=O)(=O)Nc1ccc(Br)c(C(=O)O)c1. The van der Waals surface area contributed by atoms with Crippen LogP contribution in [0.4, 0.5) is 5.69 Å². The Balaban J connectivity index is 2.92. The first-order valence-electron chi connectivity index (χ1n) is 4.88. The number of carboxylic acids is 1. The first-order chi connectivity index (χ1) is 8.35. The van der Waals surface area contributed by atoms with Gasteiger partial charge in [0.25, 0.3) is 0 Å². The first kappa shape index (κ1) is 14.9. The lowest BCUT2D eigenvalue weighted by atomic mass is 10.2. The van der Waals surface area contributed by atoms with Crippen LogP contribution in [0.3, 0.4) is 0 Å². The molecule has 0 atom stereocenters. The normalized spacial score (nSPS) is 11.2. The monoisotopic (exact) mass is 337 g/mol. The van der Waals surface area contributed by atoms with Crippen molar-refractivity contribution in [2.24, 2.45) is 0 Å². The summed E-state index contributed by atoms with van der Waals surface area (Å²) in [6, 6.07) is 4.19. The predicted molar refractivity (Wildman–Crippen MR) is 70.4 cm³/mol. The van der Waals surface area contributed by atoms with Crippen molar-refractivity contribution in [3.63, 3.8) is 0 Å². The lowest BCUT2D eigenvalue weighted by Crippen LogP contribution is -2.19. The maximum Gasteiger partial charge on any atom is 0.336 e. The Morgan fingerprint density at radius 2 is 2.17 bits per heavy atom. The molecule has 2 N–H and O–H groups in total. The van der Waals surface area contributed by atoms with Crippen molar-refractivity contribution in [1.82, 2.24) is 0 Å². The van der Waals surface area contributed by atoms with Gasteiger partial charge >= 0.3 is 5.97 Å². The van der Waals surface area contributed by atoms with Crippen molar-refractivity contribution in [3.05, 3.63) is 28.2 Å². The molecule has 1 rings (SSSR count). The number of ether oxygens (including phenoxy) is 1. The maximum absolute atomic E-state index is 11.6. The van der Waals surface area contributed by atoms with Crippen LogP contribution in [-0.2, 0) is 14.8 Å². The molecule has 0 amide bonds. The van der Waals surface area contributed by atoms with E-state index in [0.717, 1.165) is 0 Å². The molecule has 0 bridgehead atoms. The number of sulfonamides is 1. The highest BCUT2D eigenvalue weighted by Gasteiger charge is 2.13. The third-order valence-corrected chi connectivity index (χ3v) is 3.97. The summed E-state index contributed by atoms with van der Waals surface area (Å²) in [6.45, 7) is 0.0671. The molecule has 1 aromatic rings. The van der Waals surface area contributed by atoms with E-state index in [1.165, 1.54) is 25.3 Å². The number of aromatic carboxylic acids is 1. The van der Waals surface area contributed by atoms with Crippen LogP contribution in [0.25, 0.3) is 0 Å². The Morgan fingerprint density at radius 3 is 2.72 bits per heavy atom. The van der Waals surface area contributed by atoms with Gasteiger partial charge in [0.05, 0.1) is 17.9 Å². The molecule has 0 aliphatic heterocycles. The molecule has 0 aromatic heterocycles. The second-order valence-electron chi connectivity index (χ2n) is 3.41. The van der Waals surface area contributed by atoms with Gasteiger partial charge in [0.1, 0.15) is 0 Å². The van der Waals surface area contributed by atoms with Gasteiger partial charge in [-0.15, -0.1) is 0 Å². The number of anilines is 1. The minimum Gasteiger partial charge on any atom is -0.478 e. The summed E-state index contributed by atoms with van der Waals surface area (Å²) in [5.41, 5.74) is 0.189. The molecule has 18 heavy (non-hydrogen) atoms. The number of rotatable bonds is 6. The summed E-state index contributed by atoms with van der Waals surface area (Å²) in [5.74, 6) is -1.33. The molecule has 0 saturated heterocycles. The second kappa shape index (κ2) is 6.17. The van der Waals surface area contributed by atoms with Crippen molar-refractivity contribution in [2.45, 2.75) is 0 Å². The molecular weight excluding hydrogens is 326 g/mol. The van der Waals surface area contributed by atoms with Crippen LogP contribution in [-0.4, -0.2) is 39.0 Å². The van der Waals surface area contributed by atoms with E-state index < -0.39 is 16.0 Å². The number of hydrogen-bond donors (Lipinski definition) is 2. The molecule has 0 aliphatic rings. The largest absolute Gasteiger partial charge is 0.478 e. The van der Waals surface area contributed by atoms with E-state index in [0.29, 0.717) is 4.47 Å². The molecule has 0 fully saturated rings. The van der Waals surface area contributed by atoms with Crippen LogP contribution in [0.2, 0.25) is 0 Å². The Hall–Kier alpha value is -1.12. The summed E-state index contributed by atoms with van der Waals surface area (Å²) in [7, 11) is -2.13. The zero-order valence-electron chi connectivity index (χ0n) is 9.51. The summed E-state index contributed by atoms with van der Waals surface area (Å²) >= 11 is 3.07. The Kier molecular flexibility index (Phi) is 5.12. The van der Waals surface area contributed by atoms with Crippen molar-refractivity contribution in [3.8, 4) is 0 Å². The van der Waals surface area contributed by atoms with Gasteiger partial charge in [-0.1, -0.05) is 0 Å². The molecule has 100 valence electrons. The molecule has 1 aromatic carbocycles. The third-order valence-electron chi connectivity index (χ3n) is 2.03. The van der Waals surface area contributed by atoms with Gasteiger partial charge in [0.15, 0.2) is 0 Å². The number of hydrogen-bond acceptors (Lipinski definition) is 4. The van der Waals surface area contributed by atoms with Crippen LogP contribution in [0.5, 0.6) is 0 Å². The van der Waals surface area contributed by atoms with Crippen molar-refractivity contribution >= 4 is 37.6 Å². The molecule has 0 aliphatic carbocycles. The fourth-order valence-electron chi connectivity index (χ4n) is 1.18. The highest BCUT2D eigenvalue weighted by atomic mass is 79.9. The number of benzene rings is 1. The van der Waals surface area contributed by atoms with Crippen molar-refractivity contribution in [1.29, 1.82) is 0 Å². The van der Waals surface area contributed by atoms with Gasteiger partial charge in [-0.05, 0) is 34.1 Å². The van der Waals surface area contributed by atoms with Gasteiger partial charge in [-0.25, -0.2) is 13.2 Å². The van der Waals surface area contributed by atoms with Crippen LogP contribution < -0.4 is 4.72 Å². The van der Waals surface area contributed by atoms with E-state index in [1.807, 2.05) is 0 Å². The quantitative estimate of drug-likeness (QED) is 0.821. The van der Waals surface area contributed by atoms with Crippen molar-refractivity contribution in [2.75, 3.05) is 24.2 Å². The first-order valence-corrected chi connectivity index (χ1v) is 7.32. The van der Waals surface area contributed by atoms with Gasteiger partial charge in [-0.3, -0.25) is 4.72 Å². The third kappa shape index (κ3) is 4.28. The Labute approximate surface area is 113 Å². The summed E-state index contributed by atoms with van der Waals surface area (Å²) in [5, 5.41) is 8.90. The smallest absolute Gasteiger partial charge is 0.336 e. The average molecular weight is 338 g/mol. The standard InChI is InChI=1S/C10H12BrNO5S/c1-17-4-5-18(15,16)12-7-2-3-9(11)8(6-7)10(13)14/h2-3,6,12H,4-5H2,1H3,(H,13,14). The van der Waals surface area contributed by atoms with Crippen LogP contribution in [0.15, 0.2) is 22.7 Å². The predicted octanol–water partition coefficient (Wildman–Crippen LogP) is 1.54. The molecule has 0 spiro atoms. The fraction of sp³-hybridized carbons (Fsp3) is 0.300. The molecule has 0 radical (unpaired) electrons. The van der Waals surface area contributed by atoms with Gasteiger partial charge < -0.3 is 9.84 Å². The number of carbonyl (C=O) groups is 1. The van der Waals surface area contributed by atoms with E-state index in [1.54, 1.807) is 0 Å². The summed E-state index contributed by atoms with van der Waals surface area (Å²) in [4.78, 5) is 10.9. The number of halogens is 1. The van der Waals surface area contributed by atoms with Crippen molar-refractivity contribution < 1.29 is 23.1 Å². The summed E-state index contributed by atoms with van der Waals surface area (Å²) in [6.07, 6.45) is 0. The Morgan fingerprint density at radius 1 is 1.50 bits per heavy atom. The molecule has 0 unspecified atom stereocenters. The fourth-order valence-corrected chi connectivity index (χ4v) is 2.57. The average Bonchev–Trinajstić information content (AvgIpc) is 2.28. The van der Waals surface area contributed by atoms with Crippen LogP contribution in [0.1, 0.15) is 10.4 Å². The molecule has 0 heterocycles. The van der Waals surface area contributed by atoms with E-state index in [-0.39, 0.29) is 23.6 Å². The van der Waals surface area contributed by atoms with E-state index >= 15 is 0 Å². The zero-order valence-corrected chi connectivity index (χ0v) is 11.9. The van der Waals surface area contributed by atoms with Gasteiger partial charge in [0, 0.05) is 17.3 Å². The number of nitrogens with one attached hydrogen (secondary N) is 1. The Bertz CT molecular complexity index is 543. The lowest BCUT2D eigenvalue weighted by Gasteiger charge is -2.09. The molecular formula is C10H12BrNO5S. The summed E-state index contributed by atoms with van der Waals surface area (Å²) < 4.78 is 30.5. The lowest BCUT2D eigenvalue weighted by molar-refractivity contribution is 0.0696. The maximum atomic E-state index is 11.6. The molecule has 6 nitrogen and oxygen atoms in total. The van der Waals surface area contributed by atoms with Crippen LogP contribution in [0, 0.1) is 0 Å². The minimum atomic E-state index is -3.54.